The number of hydrogen-bond donors (Lipinski definition) is 1. The molecule has 0 spiro atoms. The second-order valence-corrected chi connectivity index (χ2v) is 5.69. The van der Waals surface area contributed by atoms with Crippen molar-refractivity contribution in [2.75, 3.05) is 6.54 Å². The minimum atomic E-state index is 0.654. The van der Waals surface area contributed by atoms with Crippen LogP contribution < -0.4 is 10.1 Å². The Morgan fingerprint density at radius 2 is 2.16 bits per heavy atom. The molecule has 0 unspecified atom stereocenters. The van der Waals surface area contributed by atoms with E-state index in [1.54, 1.807) is 11.3 Å². The van der Waals surface area contributed by atoms with Crippen LogP contribution in [0.5, 0.6) is 5.75 Å². The van der Waals surface area contributed by atoms with Crippen LogP contribution in [0.15, 0.2) is 35.7 Å². The van der Waals surface area contributed by atoms with Gasteiger partial charge in [0.1, 0.15) is 12.4 Å². The summed E-state index contributed by atoms with van der Waals surface area (Å²) < 4.78 is 5.94. The molecule has 0 aliphatic carbocycles. The van der Waals surface area contributed by atoms with Crippen molar-refractivity contribution in [3.63, 3.8) is 0 Å². The summed E-state index contributed by atoms with van der Waals surface area (Å²) in [5.41, 5.74) is 2.52. The van der Waals surface area contributed by atoms with Crippen LogP contribution in [0.25, 0.3) is 0 Å². The molecular formula is C16H21NOS. The van der Waals surface area contributed by atoms with E-state index in [1.165, 1.54) is 16.0 Å². The second kappa shape index (κ2) is 7.31. The van der Waals surface area contributed by atoms with Gasteiger partial charge < -0.3 is 10.1 Å². The molecule has 1 N–H and O–H groups in total. The Morgan fingerprint density at radius 1 is 1.26 bits per heavy atom. The average Bonchev–Trinajstić information content (AvgIpc) is 2.91. The van der Waals surface area contributed by atoms with Crippen LogP contribution in [-0.2, 0) is 13.2 Å². The maximum atomic E-state index is 5.94. The van der Waals surface area contributed by atoms with Crippen molar-refractivity contribution in [2.24, 2.45) is 0 Å². The predicted octanol–water partition coefficient (Wildman–Crippen LogP) is 4.14. The smallest absolute Gasteiger partial charge is 0.124 e. The third-order valence-electron chi connectivity index (χ3n) is 2.91. The van der Waals surface area contributed by atoms with Crippen LogP contribution in [0.4, 0.5) is 0 Å². The molecule has 0 radical (unpaired) electrons. The molecule has 3 heteroatoms. The van der Waals surface area contributed by atoms with E-state index in [9.17, 15) is 0 Å². The molecule has 0 aliphatic heterocycles. The first-order valence-corrected chi connectivity index (χ1v) is 7.63. The summed E-state index contributed by atoms with van der Waals surface area (Å²) >= 11 is 1.73. The molecule has 0 aliphatic rings. The molecule has 0 amide bonds. The lowest BCUT2D eigenvalue weighted by Crippen LogP contribution is -2.14. The predicted molar refractivity (Wildman–Crippen MR) is 81.8 cm³/mol. The zero-order chi connectivity index (χ0) is 13.5. The third-order valence-corrected chi connectivity index (χ3v) is 3.76. The molecule has 0 saturated heterocycles. The zero-order valence-corrected chi connectivity index (χ0v) is 12.4. The van der Waals surface area contributed by atoms with Crippen molar-refractivity contribution >= 4 is 11.3 Å². The van der Waals surface area contributed by atoms with Crippen LogP contribution >= 0.6 is 11.3 Å². The minimum Gasteiger partial charge on any atom is -0.488 e. The van der Waals surface area contributed by atoms with Gasteiger partial charge in [0.15, 0.2) is 0 Å². The summed E-state index contributed by atoms with van der Waals surface area (Å²) in [5.74, 6) is 0.989. The van der Waals surface area contributed by atoms with E-state index >= 15 is 0 Å². The summed E-state index contributed by atoms with van der Waals surface area (Å²) in [5, 5.41) is 5.52. The Kier molecular flexibility index (Phi) is 5.43. The number of benzene rings is 1. The number of ether oxygens (including phenoxy) is 1. The molecule has 102 valence electrons. The first-order chi connectivity index (χ1) is 9.29. The highest BCUT2D eigenvalue weighted by Gasteiger charge is 2.05. The Morgan fingerprint density at radius 3 is 2.89 bits per heavy atom. The summed E-state index contributed by atoms with van der Waals surface area (Å²) in [6.45, 7) is 6.86. The monoisotopic (exact) mass is 275 g/mol. The van der Waals surface area contributed by atoms with Gasteiger partial charge in [0.2, 0.25) is 0 Å². The van der Waals surface area contributed by atoms with E-state index in [0.29, 0.717) is 6.61 Å². The second-order valence-electron chi connectivity index (χ2n) is 4.66. The van der Waals surface area contributed by atoms with Crippen molar-refractivity contribution in [1.29, 1.82) is 0 Å². The first-order valence-electron chi connectivity index (χ1n) is 6.75. The van der Waals surface area contributed by atoms with E-state index < -0.39 is 0 Å². The molecule has 0 fully saturated rings. The van der Waals surface area contributed by atoms with Crippen molar-refractivity contribution in [3.8, 4) is 5.75 Å². The van der Waals surface area contributed by atoms with E-state index in [0.717, 1.165) is 25.3 Å². The summed E-state index contributed by atoms with van der Waals surface area (Å²) in [4.78, 5) is 1.26. The van der Waals surface area contributed by atoms with E-state index in [-0.39, 0.29) is 0 Å². The van der Waals surface area contributed by atoms with Crippen molar-refractivity contribution in [1.82, 2.24) is 5.32 Å². The maximum Gasteiger partial charge on any atom is 0.124 e. The highest BCUT2D eigenvalue weighted by molar-refractivity contribution is 7.09. The minimum absolute atomic E-state index is 0.654. The van der Waals surface area contributed by atoms with Gasteiger partial charge in [-0.2, -0.15) is 0 Å². The van der Waals surface area contributed by atoms with Gasteiger partial charge in [0, 0.05) is 17.0 Å². The van der Waals surface area contributed by atoms with Gasteiger partial charge in [-0.3, -0.25) is 0 Å². The van der Waals surface area contributed by atoms with Crippen LogP contribution in [0, 0.1) is 6.92 Å². The molecule has 1 heterocycles. The van der Waals surface area contributed by atoms with Gasteiger partial charge in [0.05, 0.1) is 0 Å². The Balaban J connectivity index is 2.01. The van der Waals surface area contributed by atoms with Crippen molar-refractivity contribution in [3.05, 3.63) is 51.7 Å². The molecule has 2 rings (SSSR count). The van der Waals surface area contributed by atoms with Gasteiger partial charge in [-0.15, -0.1) is 11.3 Å². The largest absolute Gasteiger partial charge is 0.488 e. The normalized spacial score (nSPS) is 10.6. The third kappa shape index (κ3) is 4.37. The Bertz CT molecular complexity index is 493. The number of thiophene rings is 1. The molecule has 19 heavy (non-hydrogen) atoms. The fourth-order valence-electron chi connectivity index (χ4n) is 1.93. The van der Waals surface area contributed by atoms with Gasteiger partial charge in [-0.25, -0.2) is 0 Å². The van der Waals surface area contributed by atoms with Crippen LogP contribution in [0.1, 0.15) is 29.3 Å². The first kappa shape index (κ1) is 14.1. The quantitative estimate of drug-likeness (QED) is 0.767. The number of nitrogens with one attached hydrogen (secondary N) is 1. The van der Waals surface area contributed by atoms with Crippen molar-refractivity contribution in [2.45, 2.75) is 33.4 Å². The van der Waals surface area contributed by atoms with Crippen molar-refractivity contribution < 1.29 is 4.74 Å². The van der Waals surface area contributed by atoms with Crippen LogP contribution in [-0.4, -0.2) is 6.54 Å². The lowest BCUT2D eigenvalue weighted by molar-refractivity contribution is 0.305. The summed E-state index contributed by atoms with van der Waals surface area (Å²) in [6, 6.07) is 10.5. The zero-order valence-electron chi connectivity index (χ0n) is 11.6. The fraction of sp³-hybridized carbons (Fsp3) is 0.375. The molecule has 2 aromatic rings. The molecule has 1 aromatic carbocycles. The lowest BCUT2D eigenvalue weighted by atomic mass is 10.1. The SMILES string of the molecule is CCCNCc1cc(C)ccc1OCc1cccs1. The molecular weight excluding hydrogens is 254 g/mol. The van der Waals surface area contributed by atoms with E-state index in [2.05, 4.69) is 54.9 Å². The molecule has 0 bridgehead atoms. The number of hydrogen-bond acceptors (Lipinski definition) is 3. The van der Waals surface area contributed by atoms with Gasteiger partial charge in [-0.05, 0) is 37.4 Å². The molecule has 1 aromatic heterocycles. The fourth-order valence-corrected chi connectivity index (χ4v) is 2.55. The topological polar surface area (TPSA) is 21.3 Å². The van der Waals surface area contributed by atoms with E-state index in [1.807, 2.05) is 0 Å². The summed E-state index contributed by atoms with van der Waals surface area (Å²) in [6.07, 6.45) is 1.15. The number of aryl methyl sites for hydroxylation is 1. The lowest BCUT2D eigenvalue weighted by Gasteiger charge is -2.12. The molecule has 0 atom stereocenters. The summed E-state index contributed by atoms with van der Waals surface area (Å²) in [7, 11) is 0. The van der Waals surface area contributed by atoms with Crippen LogP contribution in [0.3, 0.4) is 0 Å². The highest BCUT2D eigenvalue weighted by atomic mass is 32.1. The van der Waals surface area contributed by atoms with E-state index in [4.69, 9.17) is 4.74 Å². The average molecular weight is 275 g/mol. The van der Waals surface area contributed by atoms with Gasteiger partial charge >= 0.3 is 0 Å². The Hall–Kier alpha value is -1.32. The highest BCUT2D eigenvalue weighted by Crippen LogP contribution is 2.22. The Labute approximate surface area is 119 Å². The van der Waals surface area contributed by atoms with Gasteiger partial charge in [-0.1, -0.05) is 30.7 Å². The maximum absolute atomic E-state index is 5.94. The number of rotatable bonds is 7. The standard InChI is InChI=1S/C16H21NOS/c1-3-8-17-11-14-10-13(2)6-7-16(14)18-12-15-5-4-9-19-15/h4-7,9-10,17H,3,8,11-12H2,1-2H3. The molecule has 0 saturated carbocycles. The van der Waals surface area contributed by atoms with Gasteiger partial charge in [0.25, 0.3) is 0 Å². The van der Waals surface area contributed by atoms with Crippen LogP contribution in [0.2, 0.25) is 0 Å². The molecule has 2 nitrogen and oxygen atoms in total.